The van der Waals surface area contributed by atoms with Crippen molar-refractivity contribution in [2.45, 2.75) is 40.0 Å². The lowest BCUT2D eigenvalue weighted by atomic mass is 10.1. The fourth-order valence-corrected chi connectivity index (χ4v) is 3.58. The number of benzene rings is 1. The summed E-state index contributed by atoms with van der Waals surface area (Å²) in [6.07, 6.45) is 2.60. The highest BCUT2D eigenvalue weighted by molar-refractivity contribution is 5.92. The predicted molar refractivity (Wildman–Crippen MR) is 116 cm³/mol. The molecule has 1 amide bonds. The second kappa shape index (κ2) is 8.52. The molecule has 0 atom stereocenters. The first kappa shape index (κ1) is 19.9. The molecule has 30 heavy (non-hydrogen) atoms. The van der Waals surface area contributed by atoms with Crippen LogP contribution in [0.2, 0.25) is 0 Å². The molecule has 1 aromatic carbocycles. The third kappa shape index (κ3) is 4.59. The van der Waals surface area contributed by atoms with Crippen molar-refractivity contribution in [3.05, 3.63) is 53.0 Å². The summed E-state index contributed by atoms with van der Waals surface area (Å²) < 4.78 is 5.12. The second-order valence-electron chi connectivity index (χ2n) is 7.62. The summed E-state index contributed by atoms with van der Waals surface area (Å²) in [6.45, 7) is 7.64. The zero-order chi connectivity index (χ0) is 21.1. The maximum absolute atomic E-state index is 12.3. The number of rotatable bonds is 6. The average molecular weight is 406 g/mol. The molecule has 3 heterocycles. The second-order valence-corrected chi connectivity index (χ2v) is 7.62. The van der Waals surface area contributed by atoms with E-state index in [1.165, 1.54) is 12.8 Å². The van der Waals surface area contributed by atoms with E-state index in [1.54, 1.807) is 0 Å². The van der Waals surface area contributed by atoms with Gasteiger partial charge < -0.3 is 20.1 Å². The van der Waals surface area contributed by atoms with Gasteiger partial charge in [-0.25, -0.2) is 4.98 Å². The van der Waals surface area contributed by atoms with Crippen LogP contribution >= 0.6 is 0 Å². The molecular weight excluding hydrogens is 380 g/mol. The number of nitrogens with zero attached hydrogens (tertiary/aromatic N) is 4. The molecule has 3 aromatic rings. The van der Waals surface area contributed by atoms with E-state index >= 15 is 0 Å². The maximum Gasteiger partial charge on any atom is 0.228 e. The summed E-state index contributed by atoms with van der Waals surface area (Å²) in [5, 5.41) is 10.1. The van der Waals surface area contributed by atoms with E-state index in [4.69, 9.17) is 4.52 Å². The molecule has 0 spiro atoms. The van der Waals surface area contributed by atoms with Crippen molar-refractivity contribution in [1.29, 1.82) is 0 Å². The van der Waals surface area contributed by atoms with Crippen LogP contribution in [0.5, 0.6) is 0 Å². The molecular formula is C22H26N6O2. The Kier molecular flexibility index (Phi) is 5.65. The number of nitrogens with one attached hydrogen (secondary N) is 2. The van der Waals surface area contributed by atoms with Crippen LogP contribution in [0.4, 0.5) is 23.1 Å². The fourth-order valence-electron chi connectivity index (χ4n) is 3.58. The van der Waals surface area contributed by atoms with Gasteiger partial charge in [-0.1, -0.05) is 5.16 Å². The van der Waals surface area contributed by atoms with Gasteiger partial charge in [0.15, 0.2) is 0 Å². The van der Waals surface area contributed by atoms with Crippen molar-refractivity contribution in [3.63, 3.8) is 0 Å². The molecule has 0 unspecified atom stereocenters. The SMILES string of the molecule is Cc1cc(Nc2ccc(NC(=O)Cc3c(C)noc3C)cc2)nc(N2CCCC2)n1. The maximum atomic E-state index is 12.3. The molecule has 1 aliphatic heterocycles. The van der Waals surface area contributed by atoms with Crippen molar-refractivity contribution in [2.75, 3.05) is 28.6 Å². The molecule has 1 fully saturated rings. The lowest BCUT2D eigenvalue weighted by Crippen LogP contribution is -2.21. The molecule has 8 nitrogen and oxygen atoms in total. The van der Waals surface area contributed by atoms with Crippen LogP contribution in [0.15, 0.2) is 34.9 Å². The largest absolute Gasteiger partial charge is 0.361 e. The molecule has 4 rings (SSSR count). The lowest BCUT2D eigenvalue weighted by molar-refractivity contribution is -0.115. The molecule has 1 saturated heterocycles. The Hall–Kier alpha value is -3.42. The van der Waals surface area contributed by atoms with Crippen molar-refractivity contribution < 1.29 is 9.32 Å². The number of carbonyl (C=O) groups is 1. The number of aryl methyl sites for hydroxylation is 3. The van der Waals surface area contributed by atoms with E-state index < -0.39 is 0 Å². The Bertz CT molecular complexity index is 1020. The van der Waals surface area contributed by atoms with Gasteiger partial charge in [0.2, 0.25) is 11.9 Å². The average Bonchev–Trinajstić information content (AvgIpc) is 3.35. The Morgan fingerprint density at radius 2 is 1.77 bits per heavy atom. The Morgan fingerprint density at radius 3 is 2.43 bits per heavy atom. The van der Waals surface area contributed by atoms with E-state index in [0.29, 0.717) is 5.76 Å². The van der Waals surface area contributed by atoms with Crippen LogP contribution in [-0.4, -0.2) is 34.1 Å². The van der Waals surface area contributed by atoms with E-state index in [-0.39, 0.29) is 12.3 Å². The summed E-state index contributed by atoms with van der Waals surface area (Å²) >= 11 is 0. The van der Waals surface area contributed by atoms with E-state index in [0.717, 1.165) is 53.2 Å². The molecule has 156 valence electrons. The van der Waals surface area contributed by atoms with Gasteiger partial charge in [0.05, 0.1) is 12.1 Å². The molecule has 0 bridgehead atoms. The first-order valence-electron chi connectivity index (χ1n) is 10.2. The predicted octanol–water partition coefficient (Wildman–Crippen LogP) is 3.91. The van der Waals surface area contributed by atoms with Crippen LogP contribution in [0.1, 0.15) is 35.6 Å². The van der Waals surface area contributed by atoms with Crippen molar-refractivity contribution >= 4 is 29.0 Å². The smallest absolute Gasteiger partial charge is 0.228 e. The number of carbonyl (C=O) groups excluding carboxylic acids is 1. The molecule has 8 heteroatoms. The number of amides is 1. The lowest BCUT2D eigenvalue weighted by Gasteiger charge is -2.17. The van der Waals surface area contributed by atoms with Crippen LogP contribution in [0, 0.1) is 20.8 Å². The summed E-state index contributed by atoms with van der Waals surface area (Å²) in [6, 6.07) is 9.49. The quantitative estimate of drug-likeness (QED) is 0.640. The van der Waals surface area contributed by atoms with Crippen LogP contribution in [0.3, 0.4) is 0 Å². The monoisotopic (exact) mass is 406 g/mol. The van der Waals surface area contributed by atoms with Crippen molar-refractivity contribution in [2.24, 2.45) is 0 Å². The van der Waals surface area contributed by atoms with Gasteiger partial charge >= 0.3 is 0 Å². The van der Waals surface area contributed by atoms with Crippen LogP contribution in [-0.2, 0) is 11.2 Å². The Labute approximate surface area is 175 Å². The summed E-state index contributed by atoms with van der Waals surface area (Å²) in [4.78, 5) is 23.8. The molecule has 0 aliphatic carbocycles. The summed E-state index contributed by atoms with van der Waals surface area (Å²) in [7, 11) is 0. The van der Waals surface area contributed by atoms with Gasteiger partial charge in [-0.2, -0.15) is 4.98 Å². The number of hydrogen-bond acceptors (Lipinski definition) is 7. The first-order chi connectivity index (χ1) is 14.5. The zero-order valence-electron chi connectivity index (χ0n) is 17.5. The van der Waals surface area contributed by atoms with Gasteiger partial charge in [0.1, 0.15) is 11.6 Å². The normalized spacial score (nSPS) is 13.5. The Balaban J connectivity index is 1.39. The molecule has 1 aliphatic rings. The Morgan fingerprint density at radius 1 is 1.07 bits per heavy atom. The fraction of sp³-hybridized carbons (Fsp3) is 0.364. The summed E-state index contributed by atoms with van der Waals surface area (Å²) in [5.41, 5.74) is 4.13. The molecule has 2 aromatic heterocycles. The minimum Gasteiger partial charge on any atom is -0.361 e. The molecule has 2 N–H and O–H groups in total. The first-order valence-corrected chi connectivity index (χ1v) is 10.2. The number of anilines is 4. The van der Waals surface area contributed by atoms with Gasteiger partial charge in [-0.15, -0.1) is 0 Å². The van der Waals surface area contributed by atoms with Gasteiger partial charge in [-0.3, -0.25) is 4.79 Å². The third-order valence-electron chi connectivity index (χ3n) is 5.19. The standard InChI is InChI=1S/C22H26N6O2/c1-14-12-20(26-22(23-14)28-10-4-5-11-28)24-17-6-8-18(9-7-17)25-21(29)13-19-15(2)27-30-16(19)3/h6-9,12H,4-5,10-11,13H2,1-3H3,(H,25,29)(H,23,24,26). The van der Waals surface area contributed by atoms with Crippen LogP contribution < -0.4 is 15.5 Å². The van der Waals surface area contributed by atoms with Crippen molar-refractivity contribution in [1.82, 2.24) is 15.1 Å². The zero-order valence-corrected chi connectivity index (χ0v) is 17.5. The van der Waals surface area contributed by atoms with E-state index in [9.17, 15) is 4.79 Å². The molecule has 0 radical (unpaired) electrons. The topological polar surface area (TPSA) is 96.2 Å². The minimum absolute atomic E-state index is 0.105. The molecule has 0 saturated carbocycles. The minimum atomic E-state index is -0.105. The highest BCUT2D eigenvalue weighted by Gasteiger charge is 2.16. The number of hydrogen-bond donors (Lipinski definition) is 2. The highest BCUT2D eigenvalue weighted by atomic mass is 16.5. The third-order valence-corrected chi connectivity index (χ3v) is 5.19. The van der Waals surface area contributed by atoms with Gasteiger partial charge in [0.25, 0.3) is 0 Å². The summed E-state index contributed by atoms with van der Waals surface area (Å²) in [5.74, 6) is 2.11. The van der Waals surface area contributed by atoms with Gasteiger partial charge in [0, 0.05) is 41.8 Å². The van der Waals surface area contributed by atoms with E-state index in [1.807, 2.05) is 51.1 Å². The van der Waals surface area contributed by atoms with Gasteiger partial charge in [-0.05, 0) is 57.9 Å². The van der Waals surface area contributed by atoms with Crippen molar-refractivity contribution in [3.8, 4) is 0 Å². The highest BCUT2D eigenvalue weighted by Crippen LogP contribution is 2.22. The van der Waals surface area contributed by atoms with Crippen LogP contribution in [0.25, 0.3) is 0 Å². The van der Waals surface area contributed by atoms with E-state index in [2.05, 4.69) is 30.7 Å². The number of aromatic nitrogens is 3.